The Morgan fingerprint density at radius 2 is 1.96 bits per heavy atom. The van der Waals surface area contributed by atoms with Crippen LogP contribution in [0.3, 0.4) is 0 Å². The lowest BCUT2D eigenvalue weighted by molar-refractivity contribution is -0.121. The molecule has 5 nitrogen and oxygen atoms in total. The van der Waals surface area contributed by atoms with Crippen molar-refractivity contribution < 1.29 is 13.2 Å². The molecule has 1 amide bonds. The van der Waals surface area contributed by atoms with Gasteiger partial charge in [-0.3, -0.25) is 4.79 Å². The molecule has 132 valence electrons. The number of halogens is 2. The van der Waals surface area contributed by atoms with Gasteiger partial charge in [-0.25, -0.2) is 8.42 Å². The third-order valence-electron chi connectivity index (χ3n) is 3.90. The zero-order valence-corrected chi connectivity index (χ0v) is 15.5. The van der Waals surface area contributed by atoms with Gasteiger partial charge in [0.1, 0.15) is 0 Å². The Hall–Kier alpha value is -1.08. The number of hydrogen-bond acceptors (Lipinski definition) is 3. The van der Waals surface area contributed by atoms with E-state index in [2.05, 4.69) is 11.9 Å². The lowest BCUT2D eigenvalue weighted by Gasteiger charge is -2.21. The minimum absolute atomic E-state index is 0.00702. The first-order valence-electron chi connectivity index (χ1n) is 7.70. The van der Waals surface area contributed by atoms with Gasteiger partial charge in [0.2, 0.25) is 15.9 Å². The monoisotopic (exact) mass is 390 g/mol. The molecule has 0 unspecified atom stereocenters. The lowest BCUT2D eigenvalue weighted by atomic mass is 10.2. The molecule has 8 heteroatoms. The van der Waals surface area contributed by atoms with E-state index in [9.17, 15) is 13.2 Å². The molecule has 1 N–H and O–H groups in total. The average Bonchev–Trinajstić information content (AvgIpc) is 3.02. The van der Waals surface area contributed by atoms with E-state index >= 15 is 0 Å². The fourth-order valence-corrected chi connectivity index (χ4v) is 4.44. The molecule has 0 spiro atoms. The Kier molecular flexibility index (Phi) is 6.69. The third kappa shape index (κ3) is 4.72. The van der Waals surface area contributed by atoms with Gasteiger partial charge in [0, 0.05) is 12.6 Å². The van der Waals surface area contributed by atoms with Crippen LogP contribution >= 0.6 is 23.2 Å². The molecule has 1 aromatic carbocycles. The van der Waals surface area contributed by atoms with E-state index in [1.54, 1.807) is 0 Å². The highest BCUT2D eigenvalue weighted by molar-refractivity contribution is 7.89. The Bertz CT molecular complexity index is 716. The van der Waals surface area contributed by atoms with Crippen molar-refractivity contribution in [3.8, 4) is 0 Å². The van der Waals surface area contributed by atoms with Gasteiger partial charge in [-0.15, -0.1) is 6.58 Å². The molecule has 1 aliphatic rings. The normalized spacial score (nSPS) is 15.6. The van der Waals surface area contributed by atoms with Gasteiger partial charge < -0.3 is 5.32 Å². The second-order valence-electron chi connectivity index (χ2n) is 5.71. The SMILES string of the molecule is C=CCN(CC(=O)NC1CCCC1)S(=O)(=O)c1ccc(Cl)c(Cl)c1. The first-order chi connectivity index (χ1) is 11.3. The average molecular weight is 391 g/mol. The number of nitrogens with zero attached hydrogens (tertiary/aromatic N) is 1. The number of carbonyl (C=O) groups is 1. The summed E-state index contributed by atoms with van der Waals surface area (Å²) in [5.41, 5.74) is 0. The topological polar surface area (TPSA) is 66.5 Å². The number of nitrogens with one attached hydrogen (secondary N) is 1. The first kappa shape index (κ1) is 19.2. The summed E-state index contributed by atoms with van der Waals surface area (Å²) in [4.78, 5) is 12.2. The lowest BCUT2D eigenvalue weighted by Crippen LogP contribution is -2.43. The highest BCUT2D eigenvalue weighted by Crippen LogP contribution is 2.26. The van der Waals surface area contributed by atoms with Crippen LogP contribution in [0.2, 0.25) is 10.0 Å². The van der Waals surface area contributed by atoms with Gasteiger partial charge in [0.25, 0.3) is 0 Å². The van der Waals surface area contributed by atoms with Crippen molar-refractivity contribution in [3.63, 3.8) is 0 Å². The molecule has 0 atom stereocenters. The zero-order valence-electron chi connectivity index (χ0n) is 13.2. The number of hydrogen-bond donors (Lipinski definition) is 1. The first-order valence-corrected chi connectivity index (χ1v) is 9.89. The van der Waals surface area contributed by atoms with Crippen molar-refractivity contribution >= 4 is 39.1 Å². The molecular weight excluding hydrogens is 371 g/mol. The minimum Gasteiger partial charge on any atom is -0.352 e. The van der Waals surface area contributed by atoms with Crippen LogP contribution in [0.15, 0.2) is 35.7 Å². The fraction of sp³-hybridized carbons (Fsp3) is 0.438. The van der Waals surface area contributed by atoms with Crippen LogP contribution in [0.4, 0.5) is 0 Å². The van der Waals surface area contributed by atoms with E-state index in [1.807, 2.05) is 0 Å². The van der Waals surface area contributed by atoms with Crippen LogP contribution in [0.25, 0.3) is 0 Å². The molecule has 0 radical (unpaired) electrons. The molecule has 1 aliphatic carbocycles. The Balaban J connectivity index is 2.16. The van der Waals surface area contributed by atoms with Crippen molar-refractivity contribution in [3.05, 3.63) is 40.9 Å². The number of carbonyl (C=O) groups excluding carboxylic acids is 1. The second kappa shape index (κ2) is 8.34. The largest absolute Gasteiger partial charge is 0.352 e. The molecule has 0 saturated heterocycles. The number of rotatable bonds is 7. The van der Waals surface area contributed by atoms with E-state index in [1.165, 1.54) is 24.3 Å². The van der Waals surface area contributed by atoms with Crippen LogP contribution in [0.5, 0.6) is 0 Å². The molecule has 0 bridgehead atoms. The molecule has 1 fully saturated rings. The van der Waals surface area contributed by atoms with Crippen molar-refractivity contribution in [1.82, 2.24) is 9.62 Å². The van der Waals surface area contributed by atoms with Gasteiger partial charge >= 0.3 is 0 Å². The molecule has 0 aromatic heterocycles. The number of benzene rings is 1. The molecule has 1 saturated carbocycles. The standard InChI is InChI=1S/C16H20Cl2N2O3S/c1-2-9-20(11-16(21)19-12-5-3-4-6-12)24(22,23)13-7-8-14(17)15(18)10-13/h2,7-8,10,12H,1,3-6,9,11H2,(H,19,21). The van der Waals surface area contributed by atoms with Crippen LogP contribution in [-0.2, 0) is 14.8 Å². The van der Waals surface area contributed by atoms with Crippen molar-refractivity contribution in [2.24, 2.45) is 0 Å². The minimum atomic E-state index is -3.87. The third-order valence-corrected chi connectivity index (χ3v) is 6.45. The Labute approximate surface area is 152 Å². The molecule has 24 heavy (non-hydrogen) atoms. The zero-order chi connectivity index (χ0) is 17.7. The van der Waals surface area contributed by atoms with Gasteiger partial charge in [-0.05, 0) is 31.0 Å². The summed E-state index contributed by atoms with van der Waals surface area (Å²) in [5.74, 6) is -0.313. The quantitative estimate of drug-likeness (QED) is 0.726. The van der Waals surface area contributed by atoms with Gasteiger partial charge in [-0.1, -0.05) is 42.1 Å². The summed E-state index contributed by atoms with van der Waals surface area (Å²) in [6.45, 7) is 3.33. The molecular formula is C16H20Cl2N2O3S. The summed E-state index contributed by atoms with van der Waals surface area (Å²) in [6, 6.07) is 4.20. The highest BCUT2D eigenvalue weighted by atomic mass is 35.5. The second-order valence-corrected chi connectivity index (χ2v) is 8.46. The van der Waals surface area contributed by atoms with Crippen molar-refractivity contribution in [2.75, 3.05) is 13.1 Å². The van der Waals surface area contributed by atoms with Crippen molar-refractivity contribution in [2.45, 2.75) is 36.6 Å². The smallest absolute Gasteiger partial charge is 0.243 e. The predicted molar refractivity (Wildman–Crippen MR) is 95.8 cm³/mol. The van der Waals surface area contributed by atoms with E-state index in [4.69, 9.17) is 23.2 Å². The molecule has 2 rings (SSSR count). The maximum absolute atomic E-state index is 12.8. The summed E-state index contributed by atoms with van der Waals surface area (Å²) >= 11 is 11.7. The number of sulfonamides is 1. The van der Waals surface area contributed by atoms with Gasteiger partial charge in [0.05, 0.1) is 21.5 Å². The molecule has 0 heterocycles. The Morgan fingerprint density at radius 3 is 2.54 bits per heavy atom. The summed E-state index contributed by atoms with van der Waals surface area (Å²) < 4.78 is 26.6. The maximum Gasteiger partial charge on any atom is 0.243 e. The van der Waals surface area contributed by atoms with E-state index in [0.717, 1.165) is 30.0 Å². The summed E-state index contributed by atoms with van der Waals surface area (Å²) in [5, 5.41) is 3.30. The van der Waals surface area contributed by atoms with E-state index in [-0.39, 0.29) is 40.0 Å². The van der Waals surface area contributed by atoms with Crippen LogP contribution < -0.4 is 5.32 Å². The van der Waals surface area contributed by atoms with Crippen molar-refractivity contribution in [1.29, 1.82) is 0 Å². The van der Waals surface area contributed by atoms with E-state index < -0.39 is 10.0 Å². The molecule has 1 aromatic rings. The summed E-state index contributed by atoms with van der Waals surface area (Å²) in [6.07, 6.45) is 5.49. The van der Waals surface area contributed by atoms with Crippen LogP contribution in [-0.4, -0.2) is 37.8 Å². The van der Waals surface area contributed by atoms with E-state index in [0.29, 0.717) is 0 Å². The van der Waals surface area contributed by atoms with Gasteiger partial charge in [0.15, 0.2) is 0 Å². The van der Waals surface area contributed by atoms with Crippen LogP contribution in [0.1, 0.15) is 25.7 Å². The molecule has 0 aliphatic heterocycles. The van der Waals surface area contributed by atoms with Gasteiger partial charge in [-0.2, -0.15) is 4.31 Å². The maximum atomic E-state index is 12.8. The van der Waals surface area contributed by atoms with Crippen LogP contribution in [0, 0.1) is 0 Å². The highest BCUT2D eigenvalue weighted by Gasteiger charge is 2.27. The fourth-order valence-electron chi connectivity index (χ4n) is 2.68. The Morgan fingerprint density at radius 1 is 1.29 bits per heavy atom. The summed E-state index contributed by atoms with van der Waals surface area (Å²) in [7, 11) is -3.87. The number of amides is 1. The predicted octanol–water partition coefficient (Wildman–Crippen LogP) is 3.23.